The van der Waals surface area contributed by atoms with Crippen LogP contribution in [0.25, 0.3) is 0 Å². The highest BCUT2D eigenvalue weighted by molar-refractivity contribution is 7.07. The molecule has 0 amide bonds. The van der Waals surface area contributed by atoms with Crippen molar-refractivity contribution in [1.29, 1.82) is 0 Å². The Morgan fingerprint density at radius 2 is 2.26 bits per heavy atom. The van der Waals surface area contributed by atoms with Gasteiger partial charge in [0, 0.05) is 31.3 Å². The van der Waals surface area contributed by atoms with Gasteiger partial charge in [-0.15, -0.1) is 0 Å². The standard InChI is InChI=1S/C14H17N3OS/c1-17(7-10-2-3-19-8-10)14-6-13(15-9-16-14)11-4-12(18)5-11/h2-3,6,8-9,11-12,18H,4-5,7H2,1H3. The topological polar surface area (TPSA) is 49.2 Å². The number of aromatic nitrogens is 2. The molecule has 0 spiro atoms. The van der Waals surface area contributed by atoms with Gasteiger partial charge in [-0.3, -0.25) is 0 Å². The SMILES string of the molecule is CN(Cc1ccsc1)c1cc(C2CC(O)C2)ncn1. The lowest BCUT2D eigenvalue weighted by atomic mass is 9.80. The maximum atomic E-state index is 9.38. The third-order valence-electron chi connectivity index (χ3n) is 3.60. The minimum atomic E-state index is -0.146. The van der Waals surface area contributed by atoms with Crippen molar-refractivity contribution in [2.45, 2.75) is 31.4 Å². The number of aliphatic hydroxyl groups excluding tert-OH is 1. The predicted octanol–water partition coefficient (Wildman–Crippen LogP) is 2.41. The van der Waals surface area contributed by atoms with Gasteiger partial charge in [0.05, 0.1) is 6.10 Å². The summed E-state index contributed by atoms with van der Waals surface area (Å²) < 4.78 is 0. The average Bonchev–Trinajstić information content (AvgIpc) is 2.88. The highest BCUT2D eigenvalue weighted by Crippen LogP contribution is 2.36. The molecule has 0 atom stereocenters. The van der Waals surface area contributed by atoms with E-state index in [1.807, 2.05) is 13.1 Å². The van der Waals surface area contributed by atoms with Crippen LogP contribution >= 0.6 is 11.3 Å². The van der Waals surface area contributed by atoms with E-state index in [1.54, 1.807) is 17.7 Å². The Morgan fingerprint density at radius 1 is 1.42 bits per heavy atom. The molecule has 5 heteroatoms. The van der Waals surface area contributed by atoms with Crippen molar-refractivity contribution in [2.75, 3.05) is 11.9 Å². The normalized spacial score (nSPS) is 22.0. The van der Waals surface area contributed by atoms with Crippen molar-refractivity contribution in [3.05, 3.63) is 40.5 Å². The number of hydrogen-bond donors (Lipinski definition) is 1. The average molecular weight is 275 g/mol. The van der Waals surface area contributed by atoms with Gasteiger partial charge in [0.1, 0.15) is 12.1 Å². The van der Waals surface area contributed by atoms with E-state index >= 15 is 0 Å². The molecule has 0 saturated heterocycles. The number of nitrogens with zero attached hydrogens (tertiary/aromatic N) is 3. The number of anilines is 1. The van der Waals surface area contributed by atoms with Crippen LogP contribution in [0, 0.1) is 0 Å². The number of aliphatic hydroxyl groups is 1. The van der Waals surface area contributed by atoms with Gasteiger partial charge in [0.2, 0.25) is 0 Å². The zero-order chi connectivity index (χ0) is 13.2. The predicted molar refractivity (Wildman–Crippen MR) is 76.4 cm³/mol. The first-order valence-electron chi connectivity index (χ1n) is 6.44. The van der Waals surface area contributed by atoms with Gasteiger partial charge in [0.15, 0.2) is 0 Å². The lowest BCUT2D eigenvalue weighted by molar-refractivity contribution is 0.0732. The van der Waals surface area contributed by atoms with Crippen molar-refractivity contribution in [3.8, 4) is 0 Å². The summed E-state index contributed by atoms with van der Waals surface area (Å²) in [6.07, 6.45) is 3.13. The van der Waals surface area contributed by atoms with Crippen molar-refractivity contribution < 1.29 is 5.11 Å². The Hall–Kier alpha value is -1.46. The molecule has 19 heavy (non-hydrogen) atoms. The fourth-order valence-electron chi connectivity index (χ4n) is 2.36. The van der Waals surface area contributed by atoms with Gasteiger partial charge in [-0.25, -0.2) is 9.97 Å². The van der Waals surface area contributed by atoms with Crippen molar-refractivity contribution in [1.82, 2.24) is 9.97 Å². The molecule has 0 aliphatic heterocycles. The molecule has 2 aromatic heterocycles. The minimum absolute atomic E-state index is 0.146. The molecule has 1 fully saturated rings. The molecule has 100 valence electrons. The molecule has 1 aliphatic carbocycles. The smallest absolute Gasteiger partial charge is 0.132 e. The minimum Gasteiger partial charge on any atom is -0.393 e. The van der Waals surface area contributed by atoms with Gasteiger partial charge in [-0.2, -0.15) is 11.3 Å². The fourth-order valence-corrected chi connectivity index (χ4v) is 3.02. The number of hydrogen-bond acceptors (Lipinski definition) is 5. The van der Waals surface area contributed by atoms with E-state index in [1.165, 1.54) is 5.56 Å². The van der Waals surface area contributed by atoms with E-state index in [2.05, 4.69) is 31.7 Å². The monoisotopic (exact) mass is 275 g/mol. The third-order valence-corrected chi connectivity index (χ3v) is 4.33. The molecule has 0 radical (unpaired) electrons. The quantitative estimate of drug-likeness (QED) is 0.931. The second-order valence-corrected chi connectivity index (χ2v) is 5.89. The van der Waals surface area contributed by atoms with Gasteiger partial charge in [-0.05, 0) is 35.2 Å². The van der Waals surface area contributed by atoms with Gasteiger partial charge < -0.3 is 10.0 Å². The summed E-state index contributed by atoms with van der Waals surface area (Å²) in [7, 11) is 2.04. The fraction of sp³-hybridized carbons (Fsp3) is 0.429. The summed E-state index contributed by atoms with van der Waals surface area (Å²) in [5, 5.41) is 13.6. The molecule has 2 heterocycles. The Morgan fingerprint density at radius 3 is 2.95 bits per heavy atom. The molecule has 4 nitrogen and oxygen atoms in total. The summed E-state index contributed by atoms with van der Waals surface area (Å²) in [5.41, 5.74) is 2.35. The van der Waals surface area contributed by atoms with Crippen LogP contribution in [0.5, 0.6) is 0 Å². The molecule has 3 rings (SSSR count). The van der Waals surface area contributed by atoms with E-state index in [0.29, 0.717) is 5.92 Å². The van der Waals surface area contributed by atoms with Crippen LogP contribution in [-0.2, 0) is 6.54 Å². The maximum absolute atomic E-state index is 9.38. The van der Waals surface area contributed by atoms with Gasteiger partial charge in [-0.1, -0.05) is 0 Å². The van der Waals surface area contributed by atoms with E-state index in [9.17, 15) is 5.11 Å². The first-order valence-corrected chi connectivity index (χ1v) is 7.39. The van der Waals surface area contributed by atoms with E-state index in [0.717, 1.165) is 30.9 Å². The van der Waals surface area contributed by atoms with Crippen molar-refractivity contribution >= 4 is 17.2 Å². The molecule has 2 aromatic rings. The summed E-state index contributed by atoms with van der Waals surface area (Å²) in [5.74, 6) is 1.34. The van der Waals surface area contributed by atoms with Crippen LogP contribution in [0.4, 0.5) is 5.82 Å². The Labute approximate surface area is 116 Å². The lowest BCUT2D eigenvalue weighted by Crippen LogP contribution is -2.27. The summed E-state index contributed by atoms with van der Waals surface area (Å²) in [6, 6.07) is 4.18. The van der Waals surface area contributed by atoms with Crippen LogP contribution < -0.4 is 4.90 Å². The second-order valence-electron chi connectivity index (χ2n) is 5.11. The molecule has 0 aromatic carbocycles. The number of rotatable bonds is 4. The zero-order valence-electron chi connectivity index (χ0n) is 10.9. The molecular weight excluding hydrogens is 258 g/mol. The van der Waals surface area contributed by atoms with Crippen molar-refractivity contribution in [2.24, 2.45) is 0 Å². The first-order chi connectivity index (χ1) is 9.22. The van der Waals surface area contributed by atoms with E-state index < -0.39 is 0 Å². The maximum Gasteiger partial charge on any atom is 0.132 e. The highest BCUT2D eigenvalue weighted by atomic mass is 32.1. The Kier molecular flexibility index (Phi) is 3.48. The van der Waals surface area contributed by atoms with Gasteiger partial charge >= 0.3 is 0 Å². The third kappa shape index (κ3) is 2.77. The van der Waals surface area contributed by atoms with Crippen LogP contribution in [0.2, 0.25) is 0 Å². The summed E-state index contributed by atoms with van der Waals surface area (Å²) >= 11 is 1.71. The molecular formula is C14H17N3OS. The number of thiophene rings is 1. The highest BCUT2D eigenvalue weighted by Gasteiger charge is 2.29. The second kappa shape index (κ2) is 5.27. The molecule has 1 saturated carbocycles. The van der Waals surface area contributed by atoms with Gasteiger partial charge in [0.25, 0.3) is 0 Å². The lowest BCUT2D eigenvalue weighted by Gasteiger charge is -2.31. The van der Waals surface area contributed by atoms with Crippen LogP contribution in [0.3, 0.4) is 0 Å². The van der Waals surface area contributed by atoms with Crippen molar-refractivity contribution in [3.63, 3.8) is 0 Å². The Bertz CT molecular complexity index is 537. The van der Waals surface area contributed by atoms with Crippen LogP contribution in [-0.4, -0.2) is 28.2 Å². The largest absolute Gasteiger partial charge is 0.393 e. The van der Waals surface area contributed by atoms with Crippen LogP contribution in [0.15, 0.2) is 29.2 Å². The molecule has 0 unspecified atom stereocenters. The molecule has 0 bridgehead atoms. The van der Waals surface area contributed by atoms with Crippen LogP contribution in [0.1, 0.15) is 30.0 Å². The summed E-state index contributed by atoms with van der Waals surface area (Å²) in [4.78, 5) is 10.8. The molecule has 1 N–H and O–H groups in total. The first kappa shape index (κ1) is 12.6. The zero-order valence-corrected chi connectivity index (χ0v) is 11.7. The van der Waals surface area contributed by atoms with E-state index in [-0.39, 0.29) is 6.10 Å². The molecule has 1 aliphatic rings. The van der Waals surface area contributed by atoms with E-state index in [4.69, 9.17) is 0 Å². The summed E-state index contributed by atoms with van der Waals surface area (Å²) in [6.45, 7) is 0.854. The Balaban J connectivity index is 1.71.